The lowest BCUT2D eigenvalue weighted by molar-refractivity contribution is 0.230. The Balaban J connectivity index is 1.93. The summed E-state index contributed by atoms with van der Waals surface area (Å²) in [5, 5.41) is 4.70. The molecule has 1 N–H and O–H groups in total. The van der Waals surface area contributed by atoms with Gasteiger partial charge in [-0.25, -0.2) is 4.98 Å². The average molecular weight is 256 g/mol. The second-order valence-corrected chi connectivity index (χ2v) is 5.47. The average Bonchev–Trinajstić information content (AvgIpc) is 3.19. The molecule has 0 radical (unpaired) electrons. The lowest BCUT2D eigenvalue weighted by Crippen LogP contribution is -2.17. The summed E-state index contributed by atoms with van der Waals surface area (Å²) in [6.45, 7) is 4.91. The second-order valence-electron chi connectivity index (χ2n) is 5.47. The van der Waals surface area contributed by atoms with Crippen LogP contribution < -0.4 is 10.1 Å². The molecule has 0 spiro atoms. The predicted octanol–water partition coefficient (Wildman–Crippen LogP) is 3.27. The molecule has 19 heavy (non-hydrogen) atoms. The molecule has 3 rings (SSSR count). The Hall–Kier alpha value is -1.61. The number of fused-ring (bicyclic) bond motifs is 1. The molecule has 0 bridgehead atoms. The third-order valence-electron chi connectivity index (χ3n) is 3.27. The van der Waals surface area contributed by atoms with E-state index in [9.17, 15) is 0 Å². The Kier molecular flexibility index (Phi) is 3.38. The van der Waals surface area contributed by atoms with E-state index in [0.717, 1.165) is 23.5 Å². The lowest BCUT2D eigenvalue weighted by atomic mass is 10.1. The number of nitrogens with zero attached hydrogens (tertiary/aromatic N) is 1. The van der Waals surface area contributed by atoms with Gasteiger partial charge in [-0.2, -0.15) is 0 Å². The Labute approximate surface area is 114 Å². The summed E-state index contributed by atoms with van der Waals surface area (Å²) in [6, 6.07) is 11.1. The Bertz CT molecular complexity index is 576. The zero-order valence-corrected chi connectivity index (χ0v) is 11.5. The van der Waals surface area contributed by atoms with Crippen LogP contribution in [-0.4, -0.2) is 17.1 Å². The molecule has 1 aliphatic carbocycles. The molecule has 3 heteroatoms. The molecular formula is C16H20N2O. The molecule has 0 amide bonds. The van der Waals surface area contributed by atoms with Crippen molar-refractivity contribution in [3.05, 3.63) is 35.9 Å². The van der Waals surface area contributed by atoms with Gasteiger partial charge in [0.15, 0.2) is 0 Å². The maximum absolute atomic E-state index is 5.86. The molecule has 1 aliphatic rings. The van der Waals surface area contributed by atoms with Gasteiger partial charge in [-0.15, -0.1) is 0 Å². The van der Waals surface area contributed by atoms with E-state index in [1.165, 1.54) is 18.2 Å². The maximum atomic E-state index is 5.86. The molecule has 1 heterocycles. The van der Waals surface area contributed by atoms with Gasteiger partial charge in [-0.05, 0) is 38.8 Å². The highest BCUT2D eigenvalue weighted by atomic mass is 16.5. The van der Waals surface area contributed by atoms with E-state index < -0.39 is 0 Å². The fraction of sp³-hybridized carbons (Fsp3) is 0.438. The van der Waals surface area contributed by atoms with Gasteiger partial charge < -0.3 is 10.1 Å². The van der Waals surface area contributed by atoms with Gasteiger partial charge in [0.25, 0.3) is 0 Å². The van der Waals surface area contributed by atoms with Gasteiger partial charge in [0.05, 0.1) is 11.6 Å². The normalized spacial score (nSPS) is 15.1. The fourth-order valence-electron chi connectivity index (χ4n) is 2.14. The largest absolute Gasteiger partial charge is 0.475 e. The summed E-state index contributed by atoms with van der Waals surface area (Å²) < 4.78 is 5.86. The number of para-hydroxylation sites is 1. The summed E-state index contributed by atoms with van der Waals surface area (Å²) in [5.41, 5.74) is 2.15. The van der Waals surface area contributed by atoms with E-state index in [1.807, 2.05) is 32.0 Å². The molecule has 1 aromatic carbocycles. The third kappa shape index (κ3) is 3.04. The number of ether oxygens (including phenoxy) is 1. The summed E-state index contributed by atoms with van der Waals surface area (Å²) in [5.74, 6) is 0.766. The van der Waals surface area contributed by atoms with Crippen molar-refractivity contribution in [3.8, 4) is 5.88 Å². The van der Waals surface area contributed by atoms with Crippen molar-refractivity contribution < 1.29 is 4.74 Å². The molecular weight excluding hydrogens is 236 g/mol. The summed E-state index contributed by atoms with van der Waals surface area (Å²) in [7, 11) is 0. The predicted molar refractivity (Wildman–Crippen MR) is 77.4 cm³/mol. The van der Waals surface area contributed by atoms with Crippen molar-refractivity contribution in [3.63, 3.8) is 0 Å². The van der Waals surface area contributed by atoms with Crippen LogP contribution in [0.1, 0.15) is 32.3 Å². The van der Waals surface area contributed by atoms with Crippen molar-refractivity contribution in [1.82, 2.24) is 10.3 Å². The summed E-state index contributed by atoms with van der Waals surface area (Å²) in [6.07, 6.45) is 2.73. The van der Waals surface area contributed by atoms with Crippen molar-refractivity contribution in [2.24, 2.45) is 0 Å². The first-order valence-corrected chi connectivity index (χ1v) is 7.01. The van der Waals surface area contributed by atoms with E-state index in [2.05, 4.69) is 22.4 Å². The Morgan fingerprint density at radius 2 is 2.11 bits per heavy atom. The number of aromatic nitrogens is 1. The van der Waals surface area contributed by atoms with Crippen molar-refractivity contribution in [2.45, 2.75) is 45.4 Å². The minimum atomic E-state index is 0.147. The molecule has 0 aliphatic heterocycles. The fourth-order valence-corrected chi connectivity index (χ4v) is 2.14. The molecule has 0 saturated heterocycles. The van der Waals surface area contributed by atoms with Gasteiger partial charge in [0, 0.05) is 23.5 Å². The minimum Gasteiger partial charge on any atom is -0.475 e. The van der Waals surface area contributed by atoms with Crippen molar-refractivity contribution >= 4 is 10.9 Å². The van der Waals surface area contributed by atoms with Gasteiger partial charge >= 0.3 is 0 Å². The van der Waals surface area contributed by atoms with Crippen molar-refractivity contribution in [2.75, 3.05) is 0 Å². The van der Waals surface area contributed by atoms with Gasteiger partial charge in [0.2, 0.25) is 5.88 Å². The second kappa shape index (κ2) is 5.17. The van der Waals surface area contributed by atoms with Gasteiger partial charge in [0.1, 0.15) is 0 Å². The standard InChI is InChI=1S/C16H20N2O/c1-11(2)19-16-13(10-17-14-7-8-14)9-12-5-3-4-6-15(12)18-16/h3-6,9,11,14,17H,7-8,10H2,1-2H3. The molecule has 2 aromatic rings. The van der Waals surface area contributed by atoms with Crippen LogP contribution in [0.5, 0.6) is 5.88 Å². The molecule has 100 valence electrons. The third-order valence-corrected chi connectivity index (χ3v) is 3.27. The number of hydrogen-bond acceptors (Lipinski definition) is 3. The zero-order valence-electron chi connectivity index (χ0n) is 11.5. The SMILES string of the molecule is CC(C)Oc1nc2ccccc2cc1CNC1CC1. The highest BCUT2D eigenvalue weighted by Crippen LogP contribution is 2.25. The topological polar surface area (TPSA) is 34.1 Å². The molecule has 1 fully saturated rings. The van der Waals surface area contributed by atoms with Crippen LogP contribution in [0.15, 0.2) is 30.3 Å². The van der Waals surface area contributed by atoms with Gasteiger partial charge in [-0.1, -0.05) is 18.2 Å². The smallest absolute Gasteiger partial charge is 0.218 e. The molecule has 1 saturated carbocycles. The summed E-state index contributed by atoms with van der Waals surface area (Å²) >= 11 is 0. The monoisotopic (exact) mass is 256 g/mol. The van der Waals surface area contributed by atoms with E-state index in [-0.39, 0.29) is 6.10 Å². The van der Waals surface area contributed by atoms with E-state index >= 15 is 0 Å². The number of hydrogen-bond donors (Lipinski definition) is 1. The first-order valence-electron chi connectivity index (χ1n) is 7.01. The lowest BCUT2D eigenvalue weighted by Gasteiger charge is -2.14. The van der Waals surface area contributed by atoms with Crippen LogP contribution in [0, 0.1) is 0 Å². The molecule has 0 atom stereocenters. The Morgan fingerprint density at radius 1 is 1.32 bits per heavy atom. The van der Waals surface area contributed by atoms with Crippen LogP contribution in [0.4, 0.5) is 0 Å². The quantitative estimate of drug-likeness (QED) is 0.891. The number of nitrogens with one attached hydrogen (secondary N) is 1. The van der Waals surface area contributed by atoms with E-state index in [4.69, 9.17) is 4.74 Å². The van der Waals surface area contributed by atoms with Crippen LogP contribution in [-0.2, 0) is 6.54 Å². The highest BCUT2D eigenvalue weighted by Gasteiger charge is 2.21. The minimum absolute atomic E-state index is 0.147. The number of pyridine rings is 1. The summed E-state index contributed by atoms with van der Waals surface area (Å²) in [4.78, 5) is 4.65. The maximum Gasteiger partial charge on any atom is 0.218 e. The zero-order chi connectivity index (χ0) is 13.2. The van der Waals surface area contributed by atoms with Crippen LogP contribution in [0.3, 0.4) is 0 Å². The van der Waals surface area contributed by atoms with Crippen molar-refractivity contribution in [1.29, 1.82) is 0 Å². The van der Waals surface area contributed by atoms with E-state index in [0.29, 0.717) is 6.04 Å². The Morgan fingerprint density at radius 3 is 2.84 bits per heavy atom. The van der Waals surface area contributed by atoms with E-state index in [1.54, 1.807) is 0 Å². The molecule has 3 nitrogen and oxygen atoms in total. The van der Waals surface area contributed by atoms with Crippen LogP contribution in [0.2, 0.25) is 0 Å². The first-order chi connectivity index (χ1) is 9.22. The highest BCUT2D eigenvalue weighted by molar-refractivity contribution is 5.80. The number of benzene rings is 1. The molecule has 1 aromatic heterocycles. The molecule has 0 unspecified atom stereocenters. The van der Waals surface area contributed by atoms with Crippen LogP contribution in [0.25, 0.3) is 10.9 Å². The first kappa shape index (κ1) is 12.4. The van der Waals surface area contributed by atoms with Crippen LogP contribution >= 0.6 is 0 Å². The number of rotatable bonds is 5. The van der Waals surface area contributed by atoms with Gasteiger partial charge in [-0.3, -0.25) is 0 Å².